The molecule has 2 aliphatic rings. The van der Waals surface area contributed by atoms with E-state index in [1.807, 2.05) is 19.9 Å². The van der Waals surface area contributed by atoms with Crippen LogP contribution in [0.15, 0.2) is 11.6 Å². The molecular formula is C30H46N2O6. The highest BCUT2D eigenvalue weighted by molar-refractivity contribution is 5.98. The lowest BCUT2D eigenvalue weighted by Crippen LogP contribution is -2.43. The molecule has 212 valence electrons. The van der Waals surface area contributed by atoms with E-state index in [1.54, 1.807) is 7.11 Å². The zero-order valence-electron chi connectivity index (χ0n) is 24.1. The van der Waals surface area contributed by atoms with Gasteiger partial charge >= 0.3 is 11.9 Å². The molecular weight excluding hydrogens is 484 g/mol. The van der Waals surface area contributed by atoms with E-state index >= 15 is 0 Å². The van der Waals surface area contributed by atoms with Crippen LogP contribution in [0.1, 0.15) is 93.3 Å². The largest absolute Gasteiger partial charge is 0.507 e. The minimum absolute atomic E-state index is 0.0848. The summed E-state index contributed by atoms with van der Waals surface area (Å²) in [6.45, 7) is 14.3. The molecule has 0 radical (unpaired) electrons. The van der Waals surface area contributed by atoms with E-state index in [0.717, 1.165) is 43.7 Å². The first-order valence-corrected chi connectivity index (χ1v) is 13.9. The smallest absolute Gasteiger partial charge is 0.342 e. The molecule has 0 amide bonds. The Hall–Kier alpha value is -2.58. The number of esters is 2. The predicted octanol–water partition coefficient (Wildman–Crippen LogP) is 5.03. The summed E-state index contributed by atoms with van der Waals surface area (Å²) >= 11 is 0. The molecule has 1 atom stereocenters. The Morgan fingerprint density at radius 3 is 2.74 bits per heavy atom. The number of allylic oxidation sites excluding steroid dienone is 2. The van der Waals surface area contributed by atoms with Gasteiger partial charge in [0.25, 0.3) is 0 Å². The Bertz CT molecular complexity index is 1030. The second-order valence-corrected chi connectivity index (χ2v) is 11.6. The SMILES string of the molecule is COc1c(C)c2c(c(O)c1C/C=C(\C)CCC(=O)OCCCCN1CCCC(C(C)(C)C)NC1)C(=O)OC2. The number of hydrogen-bond donors (Lipinski definition) is 2. The van der Waals surface area contributed by atoms with Gasteiger partial charge in [-0.05, 0) is 76.4 Å². The first kappa shape index (κ1) is 30.0. The number of hydrogen-bond acceptors (Lipinski definition) is 8. The molecule has 1 aromatic carbocycles. The van der Waals surface area contributed by atoms with E-state index in [4.69, 9.17) is 14.2 Å². The van der Waals surface area contributed by atoms with Gasteiger partial charge in [0.15, 0.2) is 0 Å². The summed E-state index contributed by atoms with van der Waals surface area (Å²) in [7, 11) is 1.55. The van der Waals surface area contributed by atoms with Gasteiger partial charge in [-0.2, -0.15) is 0 Å². The van der Waals surface area contributed by atoms with Gasteiger partial charge in [0, 0.05) is 30.3 Å². The lowest BCUT2D eigenvalue weighted by Gasteiger charge is -2.31. The summed E-state index contributed by atoms with van der Waals surface area (Å²) in [4.78, 5) is 26.8. The number of unbranched alkanes of at least 4 members (excludes halogenated alkanes) is 1. The first-order valence-electron chi connectivity index (χ1n) is 13.9. The quantitative estimate of drug-likeness (QED) is 0.234. The van der Waals surface area contributed by atoms with Crippen molar-refractivity contribution in [2.45, 2.75) is 92.2 Å². The highest BCUT2D eigenvalue weighted by Gasteiger charge is 2.32. The summed E-state index contributed by atoms with van der Waals surface area (Å²) in [5.74, 6) is -0.227. The van der Waals surface area contributed by atoms with Gasteiger partial charge < -0.3 is 24.6 Å². The minimum atomic E-state index is -0.509. The van der Waals surface area contributed by atoms with E-state index in [1.165, 1.54) is 12.8 Å². The van der Waals surface area contributed by atoms with Crippen LogP contribution in [0.25, 0.3) is 0 Å². The van der Waals surface area contributed by atoms with Crippen LogP contribution >= 0.6 is 0 Å². The highest BCUT2D eigenvalue weighted by Crippen LogP contribution is 2.42. The molecule has 2 aliphatic heterocycles. The average Bonchev–Trinajstić information content (AvgIpc) is 3.09. The average molecular weight is 531 g/mol. The number of carbonyl (C=O) groups is 2. The zero-order valence-corrected chi connectivity index (χ0v) is 24.1. The van der Waals surface area contributed by atoms with Crippen molar-refractivity contribution in [3.05, 3.63) is 33.9 Å². The van der Waals surface area contributed by atoms with E-state index in [-0.39, 0.29) is 29.3 Å². The summed E-state index contributed by atoms with van der Waals surface area (Å²) in [5.41, 5.74) is 3.55. The maximum atomic E-state index is 12.2. The normalized spacial score (nSPS) is 18.6. The number of nitrogens with zero attached hydrogens (tertiary/aromatic N) is 1. The molecule has 0 aromatic heterocycles. The number of methoxy groups -OCH3 is 1. The Morgan fingerprint density at radius 2 is 2.03 bits per heavy atom. The number of ether oxygens (including phenoxy) is 3. The van der Waals surface area contributed by atoms with Gasteiger partial charge in [-0.1, -0.05) is 32.4 Å². The van der Waals surface area contributed by atoms with E-state index in [9.17, 15) is 14.7 Å². The third kappa shape index (κ3) is 7.73. The van der Waals surface area contributed by atoms with E-state index in [2.05, 4.69) is 31.0 Å². The predicted molar refractivity (Wildman–Crippen MR) is 147 cm³/mol. The van der Waals surface area contributed by atoms with Crippen LogP contribution < -0.4 is 10.1 Å². The molecule has 1 saturated heterocycles. The van der Waals surface area contributed by atoms with Crippen LogP contribution in [0.2, 0.25) is 0 Å². The fourth-order valence-corrected chi connectivity index (χ4v) is 5.27. The first-order chi connectivity index (χ1) is 18.0. The topological polar surface area (TPSA) is 97.3 Å². The Kier molecular flexibility index (Phi) is 10.6. The Morgan fingerprint density at radius 1 is 1.26 bits per heavy atom. The molecule has 3 rings (SSSR count). The monoisotopic (exact) mass is 530 g/mol. The van der Waals surface area contributed by atoms with Crippen LogP contribution in [-0.4, -0.2) is 61.5 Å². The van der Waals surface area contributed by atoms with Crippen molar-refractivity contribution < 1.29 is 28.9 Å². The third-order valence-electron chi connectivity index (χ3n) is 7.73. The Balaban J connectivity index is 1.38. The van der Waals surface area contributed by atoms with Gasteiger partial charge in [-0.25, -0.2) is 4.79 Å². The van der Waals surface area contributed by atoms with Crippen molar-refractivity contribution in [1.29, 1.82) is 0 Å². The summed E-state index contributed by atoms with van der Waals surface area (Å²) in [6.07, 6.45) is 7.51. The number of cyclic esters (lactones) is 1. The lowest BCUT2D eigenvalue weighted by atomic mass is 9.84. The van der Waals surface area contributed by atoms with Crippen molar-refractivity contribution in [3.8, 4) is 11.5 Å². The highest BCUT2D eigenvalue weighted by atomic mass is 16.5. The van der Waals surface area contributed by atoms with Crippen molar-refractivity contribution in [1.82, 2.24) is 10.2 Å². The number of aromatic hydroxyl groups is 1. The molecule has 38 heavy (non-hydrogen) atoms. The Labute approximate surface area is 227 Å². The van der Waals surface area contributed by atoms with Crippen molar-refractivity contribution in [2.75, 3.05) is 33.5 Å². The van der Waals surface area contributed by atoms with Gasteiger partial charge in [0.1, 0.15) is 23.7 Å². The zero-order chi connectivity index (χ0) is 27.9. The van der Waals surface area contributed by atoms with Gasteiger partial charge in [-0.3, -0.25) is 9.69 Å². The molecule has 1 unspecified atom stereocenters. The molecule has 0 bridgehead atoms. The standard InChI is InChI=1S/C30H46N2O6/c1-20(11-13-22-27(34)26-23(18-38-29(26)35)21(2)28(22)36-6)12-14-25(33)37-17-8-7-15-32-16-9-10-24(31-19-32)30(3,4)5/h11,24,31,34H,7-10,12-19H2,1-6H3/b20-11+. The number of nitrogens with one attached hydrogen (secondary N) is 1. The molecule has 8 nitrogen and oxygen atoms in total. The number of phenols is 1. The lowest BCUT2D eigenvalue weighted by molar-refractivity contribution is -0.143. The number of benzene rings is 1. The summed E-state index contributed by atoms with van der Waals surface area (Å²) < 4.78 is 16.1. The molecule has 8 heteroatoms. The molecule has 2 heterocycles. The van der Waals surface area contributed by atoms with Crippen LogP contribution in [0.3, 0.4) is 0 Å². The van der Waals surface area contributed by atoms with Crippen LogP contribution in [0.5, 0.6) is 11.5 Å². The fourth-order valence-electron chi connectivity index (χ4n) is 5.27. The minimum Gasteiger partial charge on any atom is -0.507 e. The van der Waals surface area contributed by atoms with Crippen molar-refractivity contribution in [3.63, 3.8) is 0 Å². The molecule has 1 aromatic rings. The molecule has 0 aliphatic carbocycles. The molecule has 2 N–H and O–H groups in total. The molecule has 0 saturated carbocycles. The second-order valence-electron chi connectivity index (χ2n) is 11.6. The van der Waals surface area contributed by atoms with Crippen LogP contribution in [-0.2, 0) is 27.3 Å². The third-order valence-corrected chi connectivity index (χ3v) is 7.73. The van der Waals surface area contributed by atoms with Crippen LogP contribution in [0, 0.1) is 12.3 Å². The summed E-state index contributed by atoms with van der Waals surface area (Å²) in [6, 6.07) is 0.551. The van der Waals surface area contributed by atoms with Crippen molar-refractivity contribution in [2.24, 2.45) is 5.41 Å². The maximum absolute atomic E-state index is 12.2. The van der Waals surface area contributed by atoms with E-state index in [0.29, 0.717) is 48.8 Å². The fraction of sp³-hybridized carbons (Fsp3) is 0.667. The van der Waals surface area contributed by atoms with Gasteiger partial charge in [0.05, 0.1) is 13.7 Å². The van der Waals surface area contributed by atoms with E-state index < -0.39 is 5.97 Å². The molecule has 1 fully saturated rings. The summed E-state index contributed by atoms with van der Waals surface area (Å²) in [5, 5.41) is 14.4. The number of carbonyl (C=O) groups excluding carboxylic acids is 2. The van der Waals surface area contributed by atoms with Crippen LogP contribution in [0.4, 0.5) is 0 Å². The molecule has 0 spiro atoms. The number of fused-ring (bicyclic) bond motifs is 1. The number of phenolic OH excluding ortho intramolecular Hbond substituents is 1. The van der Waals surface area contributed by atoms with Gasteiger partial charge in [0.2, 0.25) is 0 Å². The second kappa shape index (κ2) is 13.5. The maximum Gasteiger partial charge on any atom is 0.342 e. The number of rotatable bonds is 11. The van der Waals surface area contributed by atoms with Crippen molar-refractivity contribution >= 4 is 11.9 Å². The van der Waals surface area contributed by atoms with Gasteiger partial charge in [-0.15, -0.1) is 0 Å².